The summed E-state index contributed by atoms with van der Waals surface area (Å²) in [6.45, 7) is 0.848. The Kier molecular flexibility index (Phi) is 7.02. The molecule has 0 aromatic heterocycles. The molecule has 8 heteroatoms. The Hall–Kier alpha value is -2.09. The lowest BCUT2D eigenvalue weighted by molar-refractivity contribution is -0.118. The molecule has 0 aliphatic carbocycles. The minimum absolute atomic E-state index is 0. The molecule has 0 saturated carbocycles. The van der Waals surface area contributed by atoms with Crippen molar-refractivity contribution in [2.45, 2.75) is 30.2 Å². The molecule has 0 radical (unpaired) electrons. The standard InChI is InChI=1S/C18H21N3O3S.ClH/c22-18(17-8-4-5-13-19-17)20-14-9-11-16(12-10-14)25(23,24)21-15-6-2-1-3-7-15;/h1-3,6-7,9-12,17,19,21H,4-5,8,13H2,(H,20,22);1H. The van der Waals surface area contributed by atoms with Gasteiger partial charge in [0.2, 0.25) is 5.91 Å². The van der Waals surface area contributed by atoms with E-state index in [0.29, 0.717) is 11.4 Å². The number of carbonyl (C=O) groups excluding carboxylic acids is 1. The van der Waals surface area contributed by atoms with Crippen LogP contribution in [0.4, 0.5) is 11.4 Å². The first-order valence-corrected chi connectivity index (χ1v) is 9.75. The van der Waals surface area contributed by atoms with Crippen molar-refractivity contribution in [2.75, 3.05) is 16.6 Å². The van der Waals surface area contributed by atoms with Crippen LogP contribution in [-0.2, 0) is 14.8 Å². The molecule has 2 aromatic rings. The van der Waals surface area contributed by atoms with Gasteiger partial charge in [-0.15, -0.1) is 12.4 Å². The Bertz CT molecular complexity index is 821. The van der Waals surface area contributed by atoms with Gasteiger partial charge in [0.1, 0.15) is 0 Å². The maximum Gasteiger partial charge on any atom is 0.261 e. The molecule has 6 nitrogen and oxygen atoms in total. The summed E-state index contributed by atoms with van der Waals surface area (Å²) in [6.07, 6.45) is 2.94. The highest BCUT2D eigenvalue weighted by molar-refractivity contribution is 7.92. The molecule has 1 heterocycles. The number of hydrogen-bond acceptors (Lipinski definition) is 4. The summed E-state index contributed by atoms with van der Waals surface area (Å²) < 4.78 is 27.3. The van der Waals surface area contributed by atoms with Crippen molar-refractivity contribution in [3.63, 3.8) is 0 Å². The number of nitrogens with one attached hydrogen (secondary N) is 3. The number of carbonyl (C=O) groups is 1. The van der Waals surface area contributed by atoms with Gasteiger partial charge in [0.15, 0.2) is 0 Å². The number of halogens is 1. The molecule has 1 amide bonds. The van der Waals surface area contributed by atoms with Crippen LogP contribution in [-0.4, -0.2) is 26.9 Å². The Balaban J connectivity index is 0.00000243. The molecule has 140 valence electrons. The molecule has 1 aliphatic heterocycles. The van der Waals surface area contributed by atoms with Crippen LogP contribution in [0.1, 0.15) is 19.3 Å². The fourth-order valence-electron chi connectivity index (χ4n) is 2.74. The second-order valence-electron chi connectivity index (χ2n) is 5.99. The van der Waals surface area contributed by atoms with Gasteiger partial charge in [0, 0.05) is 11.4 Å². The van der Waals surface area contributed by atoms with Crippen LogP contribution in [0, 0.1) is 0 Å². The second kappa shape index (κ2) is 9.02. The maximum atomic E-state index is 12.4. The van der Waals surface area contributed by atoms with E-state index in [1.54, 1.807) is 36.4 Å². The first-order chi connectivity index (χ1) is 12.0. The van der Waals surface area contributed by atoms with Gasteiger partial charge in [-0.2, -0.15) is 0 Å². The average Bonchev–Trinajstić information content (AvgIpc) is 2.63. The highest BCUT2D eigenvalue weighted by atomic mass is 35.5. The van der Waals surface area contributed by atoms with E-state index in [4.69, 9.17) is 0 Å². The van der Waals surface area contributed by atoms with E-state index in [0.717, 1.165) is 25.8 Å². The molecule has 1 fully saturated rings. The number of anilines is 2. The highest BCUT2D eigenvalue weighted by Gasteiger charge is 2.20. The second-order valence-corrected chi connectivity index (χ2v) is 7.67. The lowest BCUT2D eigenvalue weighted by atomic mass is 10.0. The number of hydrogen-bond donors (Lipinski definition) is 3. The van der Waals surface area contributed by atoms with Gasteiger partial charge >= 0.3 is 0 Å². The Morgan fingerprint density at radius 1 is 0.962 bits per heavy atom. The van der Waals surface area contributed by atoms with Gasteiger partial charge in [-0.05, 0) is 55.8 Å². The Morgan fingerprint density at radius 2 is 1.65 bits per heavy atom. The zero-order valence-electron chi connectivity index (χ0n) is 14.1. The van der Waals surface area contributed by atoms with E-state index in [1.165, 1.54) is 12.1 Å². The minimum Gasteiger partial charge on any atom is -0.325 e. The maximum absolute atomic E-state index is 12.4. The predicted molar refractivity (Wildman–Crippen MR) is 105 cm³/mol. The molecular formula is C18H22ClN3O3S. The largest absolute Gasteiger partial charge is 0.325 e. The van der Waals surface area contributed by atoms with Gasteiger partial charge in [0.25, 0.3) is 10.0 Å². The molecule has 1 unspecified atom stereocenters. The van der Waals surface area contributed by atoms with Crippen LogP contribution >= 0.6 is 12.4 Å². The summed E-state index contributed by atoms with van der Waals surface area (Å²) in [5, 5.41) is 6.01. The molecule has 3 rings (SSSR count). The highest BCUT2D eigenvalue weighted by Crippen LogP contribution is 2.18. The fourth-order valence-corrected chi connectivity index (χ4v) is 3.80. The number of sulfonamides is 1. The summed E-state index contributed by atoms with van der Waals surface area (Å²) in [5.41, 5.74) is 1.08. The quantitative estimate of drug-likeness (QED) is 0.726. The Morgan fingerprint density at radius 3 is 2.27 bits per heavy atom. The fraction of sp³-hybridized carbons (Fsp3) is 0.278. The number of amides is 1. The average molecular weight is 396 g/mol. The van der Waals surface area contributed by atoms with E-state index >= 15 is 0 Å². The molecule has 26 heavy (non-hydrogen) atoms. The van der Waals surface area contributed by atoms with Crippen LogP contribution < -0.4 is 15.4 Å². The van der Waals surface area contributed by atoms with E-state index in [1.807, 2.05) is 6.07 Å². The topological polar surface area (TPSA) is 87.3 Å². The van der Waals surface area contributed by atoms with Crippen molar-refractivity contribution in [2.24, 2.45) is 0 Å². The normalized spacial score (nSPS) is 17.0. The SMILES string of the molecule is Cl.O=C(Nc1ccc(S(=O)(=O)Nc2ccccc2)cc1)C1CCCCN1. The molecule has 3 N–H and O–H groups in total. The number of rotatable bonds is 5. The van der Waals surface area contributed by atoms with Crippen LogP contribution in [0.5, 0.6) is 0 Å². The summed E-state index contributed by atoms with van der Waals surface area (Å²) in [6, 6.07) is 14.7. The van der Waals surface area contributed by atoms with Gasteiger partial charge in [-0.3, -0.25) is 9.52 Å². The monoisotopic (exact) mass is 395 g/mol. The first-order valence-electron chi connectivity index (χ1n) is 8.27. The van der Waals surface area contributed by atoms with Crippen molar-refractivity contribution in [3.8, 4) is 0 Å². The number of piperidine rings is 1. The minimum atomic E-state index is -3.65. The molecule has 1 aliphatic rings. The van der Waals surface area contributed by atoms with Crippen LogP contribution in [0.15, 0.2) is 59.5 Å². The first kappa shape index (κ1) is 20.2. The van der Waals surface area contributed by atoms with Crippen molar-refractivity contribution < 1.29 is 13.2 Å². The van der Waals surface area contributed by atoms with Crippen molar-refractivity contribution in [1.29, 1.82) is 0 Å². The van der Waals surface area contributed by atoms with Crippen molar-refractivity contribution in [1.82, 2.24) is 5.32 Å². The molecule has 2 aromatic carbocycles. The lowest BCUT2D eigenvalue weighted by Crippen LogP contribution is -2.43. The molecule has 0 bridgehead atoms. The van der Waals surface area contributed by atoms with E-state index in [-0.39, 0.29) is 29.3 Å². The van der Waals surface area contributed by atoms with E-state index < -0.39 is 10.0 Å². The zero-order valence-corrected chi connectivity index (χ0v) is 15.8. The van der Waals surface area contributed by atoms with Crippen molar-refractivity contribution in [3.05, 3.63) is 54.6 Å². The van der Waals surface area contributed by atoms with Crippen LogP contribution in [0.3, 0.4) is 0 Å². The molecule has 0 spiro atoms. The molecule has 1 saturated heterocycles. The summed E-state index contributed by atoms with van der Waals surface area (Å²) >= 11 is 0. The lowest BCUT2D eigenvalue weighted by Gasteiger charge is -2.22. The summed E-state index contributed by atoms with van der Waals surface area (Å²) in [7, 11) is -3.65. The molecule has 1 atom stereocenters. The molecular weight excluding hydrogens is 374 g/mol. The summed E-state index contributed by atoms with van der Waals surface area (Å²) in [4.78, 5) is 12.3. The van der Waals surface area contributed by atoms with Gasteiger partial charge < -0.3 is 10.6 Å². The third-order valence-electron chi connectivity index (χ3n) is 4.08. The van der Waals surface area contributed by atoms with Gasteiger partial charge in [-0.25, -0.2) is 8.42 Å². The third kappa shape index (κ3) is 5.20. The number of para-hydroxylation sites is 1. The predicted octanol–water partition coefficient (Wildman–Crippen LogP) is 2.99. The summed E-state index contributed by atoms with van der Waals surface area (Å²) in [5.74, 6) is -0.0854. The number of benzene rings is 2. The van der Waals surface area contributed by atoms with E-state index in [2.05, 4.69) is 15.4 Å². The van der Waals surface area contributed by atoms with Crippen LogP contribution in [0.25, 0.3) is 0 Å². The van der Waals surface area contributed by atoms with E-state index in [9.17, 15) is 13.2 Å². The zero-order chi connectivity index (χ0) is 17.7. The third-order valence-corrected chi connectivity index (χ3v) is 5.48. The van der Waals surface area contributed by atoms with Crippen LogP contribution in [0.2, 0.25) is 0 Å². The van der Waals surface area contributed by atoms with Gasteiger partial charge in [-0.1, -0.05) is 24.6 Å². The van der Waals surface area contributed by atoms with Crippen molar-refractivity contribution >= 4 is 39.7 Å². The van der Waals surface area contributed by atoms with Gasteiger partial charge in [0.05, 0.1) is 10.9 Å². The Labute approximate surface area is 159 Å². The smallest absolute Gasteiger partial charge is 0.261 e.